The van der Waals surface area contributed by atoms with Crippen molar-refractivity contribution in [3.63, 3.8) is 0 Å². The first-order valence-electron chi connectivity index (χ1n) is 9.14. The standard InChI is InChI=1S/C21H26N6.HI/c1-16-15-23-11-8-18(16)9-12-24-21(22-3)26-17(2)19-6-4-7-20(14-19)27-13-5-10-25-27;/h4-8,10-11,13-15,17H,9,12H2,1-3H3,(H2,22,24,26);1H. The van der Waals surface area contributed by atoms with Crippen LogP contribution in [0.1, 0.15) is 29.7 Å². The van der Waals surface area contributed by atoms with Crippen molar-refractivity contribution in [2.75, 3.05) is 13.6 Å². The number of pyridine rings is 1. The van der Waals surface area contributed by atoms with Gasteiger partial charge in [0.2, 0.25) is 0 Å². The molecule has 0 aliphatic rings. The van der Waals surface area contributed by atoms with Gasteiger partial charge in [-0.3, -0.25) is 9.98 Å². The SMILES string of the molecule is CN=C(NCCc1ccncc1C)NC(C)c1cccc(-n2cccn2)c1.I. The molecule has 3 rings (SSSR count). The normalized spacial score (nSPS) is 12.2. The second-order valence-corrected chi connectivity index (χ2v) is 6.46. The highest BCUT2D eigenvalue weighted by atomic mass is 127. The minimum atomic E-state index is 0. The number of nitrogens with one attached hydrogen (secondary N) is 2. The number of aliphatic imine (C=N–C) groups is 1. The number of rotatable bonds is 6. The summed E-state index contributed by atoms with van der Waals surface area (Å²) in [5.41, 5.74) is 4.73. The van der Waals surface area contributed by atoms with E-state index in [4.69, 9.17) is 0 Å². The van der Waals surface area contributed by atoms with E-state index in [0.29, 0.717) is 0 Å². The Balaban J connectivity index is 0.00000280. The Hall–Kier alpha value is -2.42. The molecule has 0 aliphatic carbocycles. The quantitative estimate of drug-likeness (QED) is 0.315. The predicted molar refractivity (Wildman–Crippen MR) is 125 cm³/mol. The summed E-state index contributed by atoms with van der Waals surface area (Å²) < 4.78 is 1.86. The number of nitrogens with zero attached hydrogens (tertiary/aromatic N) is 4. The molecule has 7 heteroatoms. The average molecular weight is 490 g/mol. The molecule has 28 heavy (non-hydrogen) atoms. The first-order valence-corrected chi connectivity index (χ1v) is 9.14. The van der Waals surface area contributed by atoms with E-state index in [1.807, 2.05) is 41.5 Å². The molecule has 3 aromatic rings. The highest BCUT2D eigenvalue weighted by Gasteiger charge is 2.09. The van der Waals surface area contributed by atoms with Crippen molar-refractivity contribution in [1.29, 1.82) is 0 Å². The maximum Gasteiger partial charge on any atom is 0.191 e. The fraction of sp³-hybridized carbons (Fsp3) is 0.286. The van der Waals surface area contributed by atoms with Gasteiger partial charge in [-0.05, 0) is 61.2 Å². The number of aryl methyl sites for hydroxylation is 1. The fourth-order valence-electron chi connectivity index (χ4n) is 2.94. The van der Waals surface area contributed by atoms with Gasteiger partial charge in [0.1, 0.15) is 0 Å². The Labute approximate surface area is 183 Å². The lowest BCUT2D eigenvalue weighted by Gasteiger charge is -2.19. The summed E-state index contributed by atoms with van der Waals surface area (Å²) in [6.07, 6.45) is 8.39. The van der Waals surface area contributed by atoms with Gasteiger partial charge in [-0.1, -0.05) is 12.1 Å². The number of aromatic nitrogens is 3. The van der Waals surface area contributed by atoms with Crippen molar-refractivity contribution >= 4 is 29.9 Å². The second-order valence-electron chi connectivity index (χ2n) is 6.46. The summed E-state index contributed by atoms with van der Waals surface area (Å²) >= 11 is 0. The molecule has 0 saturated heterocycles. The van der Waals surface area contributed by atoms with Crippen molar-refractivity contribution in [2.24, 2.45) is 4.99 Å². The summed E-state index contributed by atoms with van der Waals surface area (Å²) in [6.45, 7) is 5.02. The van der Waals surface area contributed by atoms with Gasteiger partial charge >= 0.3 is 0 Å². The van der Waals surface area contributed by atoms with E-state index in [1.165, 1.54) is 16.7 Å². The van der Waals surface area contributed by atoms with Crippen LogP contribution in [0.2, 0.25) is 0 Å². The molecule has 0 spiro atoms. The molecule has 0 aliphatic heterocycles. The zero-order valence-corrected chi connectivity index (χ0v) is 18.8. The Morgan fingerprint density at radius 1 is 1.21 bits per heavy atom. The maximum absolute atomic E-state index is 4.34. The molecule has 0 bridgehead atoms. The Bertz CT molecular complexity index is 891. The third-order valence-corrected chi connectivity index (χ3v) is 4.54. The monoisotopic (exact) mass is 490 g/mol. The van der Waals surface area contributed by atoms with Gasteiger partial charge in [0.25, 0.3) is 0 Å². The lowest BCUT2D eigenvalue weighted by atomic mass is 10.1. The van der Waals surface area contributed by atoms with E-state index < -0.39 is 0 Å². The molecule has 1 atom stereocenters. The van der Waals surface area contributed by atoms with Gasteiger partial charge in [-0.2, -0.15) is 5.10 Å². The maximum atomic E-state index is 4.34. The van der Waals surface area contributed by atoms with Crippen LogP contribution in [-0.2, 0) is 6.42 Å². The summed E-state index contributed by atoms with van der Waals surface area (Å²) in [6, 6.07) is 12.5. The molecule has 0 amide bonds. The van der Waals surface area contributed by atoms with Crippen molar-refractivity contribution < 1.29 is 0 Å². The van der Waals surface area contributed by atoms with E-state index in [0.717, 1.165) is 24.6 Å². The van der Waals surface area contributed by atoms with Gasteiger partial charge in [0.15, 0.2) is 5.96 Å². The van der Waals surface area contributed by atoms with Crippen LogP contribution in [0.3, 0.4) is 0 Å². The van der Waals surface area contributed by atoms with Crippen molar-refractivity contribution in [1.82, 2.24) is 25.4 Å². The lowest BCUT2D eigenvalue weighted by Crippen LogP contribution is -2.39. The van der Waals surface area contributed by atoms with Crippen LogP contribution in [0.15, 0.2) is 66.2 Å². The molecule has 148 valence electrons. The van der Waals surface area contributed by atoms with Gasteiger partial charge in [-0.15, -0.1) is 24.0 Å². The molecule has 1 aromatic carbocycles. The number of halogens is 1. The average Bonchev–Trinajstić information content (AvgIpc) is 3.23. The van der Waals surface area contributed by atoms with Crippen LogP contribution >= 0.6 is 24.0 Å². The Morgan fingerprint density at radius 3 is 2.79 bits per heavy atom. The van der Waals surface area contributed by atoms with E-state index in [-0.39, 0.29) is 30.0 Å². The predicted octanol–water partition coefficient (Wildman–Crippen LogP) is 3.66. The zero-order chi connectivity index (χ0) is 19.1. The van der Waals surface area contributed by atoms with Crippen LogP contribution < -0.4 is 10.6 Å². The summed E-state index contributed by atoms with van der Waals surface area (Å²) in [5, 5.41) is 11.1. The smallest absolute Gasteiger partial charge is 0.191 e. The highest BCUT2D eigenvalue weighted by Crippen LogP contribution is 2.16. The van der Waals surface area contributed by atoms with Gasteiger partial charge in [0, 0.05) is 38.4 Å². The van der Waals surface area contributed by atoms with Crippen molar-refractivity contribution in [2.45, 2.75) is 26.3 Å². The van der Waals surface area contributed by atoms with Crippen LogP contribution in [-0.4, -0.2) is 34.3 Å². The van der Waals surface area contributed by atoms with Crippen molar-refractivity contribution in [3.05, 3.63) is 77.9 Å². The molecular formula is C21H27IN6. The molecule has 0 fully saturated rings. The van der Waals surface area contributed by atoms with Crippen molar-refractivity contribution in [3.8, 4) is 5.69 Å². The molecule has 2 aromatic heterocycles. The van der Waals surface area contributed by atoms with E-state index in [9.17, 15) is 0 Å². The number of guanidine groups is 1. The summed E-state index contributed by atoms with van der Waals surface area (Å²) in [5.74, 6) is 0.790. The molecule has 6 nitrogen and oxygen atoms in total. The largest absolute Gasteiger partial charge is 0.356 e. The molecule has 2 N–H and O–H groups in total. The highest BCUT2D eigenvalue weighted by molar-refractivity contribution is 14.0. The number of hydrogen-bond acceptors (Lipinski definition) is 3. The van der Waals surface area contributed by atoms with Crippen LogP contribution in [0, 0.1) is 6.92 Å². The third kappa shape index (κ3) is 5.79. The van der Waals surface area contributed by atoms with Gasteiger partial charge in [0.05, 0.1) is 11.7 Å². The van der Waals surface area contributed by atoms with E-state index >= 15 is 0 Å². The van der Waals surface area contributed by atoms with Crippen LogP contribution in [0.5, 0.6) is 0 Å². The second kappa shape index (κ2) is 10.8. The van der Waals surface area contributed by atoms with E-state index in [1.54, 1.807) is 13.2 Å². The van der Waals surface area contributed by atoms with Crippen LogP contribution in [0.25, 0.3) is 5.69 Å². The Kier molecular flexibility index (Phi) is 8.43. The summed E-state index contributed by atoms with van der Waals surface area (Å²) in [4.78, 5) is 8.48. The number of benzene rings is 1. The zero-order valence-electron chi connectivity index (χ0n) is 16.5. The molecule has 0 radical (unpaired) electrons. The fourth-order valence-corrected chi connectivity index (χ4v) is 2.94. The summed E-state index contributed by atoms with van der Waals surface area (Å²) in [7, 11) is 1.79. The molecular weight excluding hydrogens is 463 g/mol. The molecule has 0 saturated carbocycles. The lowest BCUT2D eigenvalue weighted by molar-refractivity contribution is 0.682. The van der Waals surface area contributed by atoms with Gasteiger partial charge in [-0.25, -0.2) is 4.68 Å². The minimum Gasteiger partial charge on any atom is -0.356 e. The van der Waals surface area contributed by atoms with Crippen LogP contribution in [0.4, 0.5) is 0 Å². The Morgan fingerprint density at radius 2 is 2.07 bits per heavy atom. The van der Waals surface area contributed by atoms with E-state index in [2.05, 4.69) is 57.8 Å². The topological polar surface area (TPSA) is 67.1 Å². The minimum absolute atomic E-state index is 0. The third-order valence-electron chi connectivity index (χ3n) is 4.54. The first-order chi connectivity index (χ1) is 13.2. The number of hydrogen-bond donors (Lipinski definition) is 2. The molecule has 2 heterocycles. The van der Waals surface area contributed by atoms with Gasteiger partial charge < -0.3 is 10.6 Å². The molecule has 1 unspecified atom stereocenters. The first kappa shape index (κ1) is 21.9.